The van der Waals surface area contributed by atoms with Gasteiger partial charge < -0.3 is 19.7 Å². The van der Waals surface area contributed by atoms with Crippen molar-refractivity contribution in [2.45, 2.75) is 19.8 Å². The van der Waals surface area contributed by atoms with Crippen LogP contribution in [-0.2, 0) is 0 Å². The zero-order chi connectivity index (χ0) is 19.1. The van der Waals surface area contributed by atoms with Crippen LogP contribution in [0.5, 0.6) is 11.5 Å². The second-order valence-electron chi connectivity index (χ2n) is 6.70. The number of anilines is 1. The van der Waals surface area contributed by atoms with Crippen molar-refractivity contribution in [2.75, 3.05) is 38.3 Å². The molecule has 0 radical (unpaired) electrons. The molecule has 0 saturated carbocycles. The number of ether oxygens (including phenoxy) is 2. The Morgan fingerprint density at radius 3 is 2.78 bits per heavy atom. The number of hydrogen-bond donors (Lipinski definition) is 1. The highest BCUT2D eigenvalue weighted by Gasteiger charge is 2.22. The average molecular weight is 369 g/mol. The van der Waals surface area contributed by atoms with E-state index in [0.717, 1.165) is 43.2 Å². The maximum absolute atomic E-state index is 12.1. The summed E-state index contributed by atoms with van der Waals surface area (Å²) in [6, 6.07) is 11.3. The third-order valence-corrected chi connectivity index (χ3v) is 4.73. The molecule has 1 fully saturated rings. The number of carbonyl (C=O) groups excluding carboxylic acids is 1. The molecule has 1 saturated heterocycles. The third-order valence-electron chi connectivity index (χ3n) is 4.73. The summed E-state index contributed by atoms with van der Waals surface area (Å²) >= 11 is 0. The second-order valence-corrected chi connectivity index (χ2v) is 6.70. The van der Waals surface area contributed by atoms with E-state index in [1.54, 1.807) is 19.4 Å². The number of hydrogen-bond acceptors (Lipinski definition) is 5. The second kappa shape index (κ2) is 9.26. The lowest BCUT2D eigenvalue weighted by Gasteiger charge is -2.33. The lowest BCUT2D eigenvalue weighted by molar-refractivity contribution is 0.0955. The molecule has 2 aromatic rings. The summed E-state index contributed by atoms with van der Waals surface area (Å²) in [6.45, 7) is 5.02. The monoisotopic (exact) mass is 369 g/mol. The quantitative estimate of drug-likeness (QED) is 0.812. The molecule has 0 spiro atoms. The molecule has 1 aliphatic rings. The highest BCUT2D eigenvalue weighted by Crippen LogP contribution is 2.24. The summed E-state index contributed by atoms with van der Waals surface area (Å²) in [5.74, 6) is 2.90. The van der Waals surface area contributed by atoms with Gasteiger partial charge in [0.2, 0.25) is 0 Å². The number of nitrogens with zero attached hydrogens (tertiary/aromatic N) is 2. The van der Waals surface area contributed by atoms with Gasteiger partial charge in [0, 0.05) is 37.3 Å². The maximum atomic E-state index is 12.1. The van der Waals surface area contributed by atoms with Crippen LogP contribution >= 0.6 is 0 Å². The Kier molecular flexibility index (Phi) is 6.52. The summed E-state index contributed by atoms with van der Waals surface area (Å²) in [5.41, 5.74) is 0.651. The van der Waals surface area contributed by atoms with Gasteiger partial charge in [0.1, 0.15) is 17.3 Å². The van der Waals surface area contributed by atoms with Crippen LogP contribution in [0.3, 0.4) is 0 Å². The van der Waals surface area contributed by atoms with Crippen LogP contribution < -0.4 is 19.7 Å². The number of methoxy groups -OCH3 is 1. The van der Waals surface area contributed by atoms with E-state index in [1.807, 2.05) is 37.3 Å². The molecule has 0 bridgehead atoms. The van der Waals surface area contributed by atoms with Gasteiger partial charge in [-0.05, 0) is 56.2 Å². The first kappa shape index (κ1) is 19.0. The summed E-state index contributed by atoms with van der Waals surface area (Å²) in [5, 5.41) is 2.83. The van der Waals surface area contributed by atoms with Crippen molar-refractivity contribution in [3.05, 3.63) is 48.2 Å². The van der Waals surface area contributed by atoms with Crippen LogP contribution in [0, 0.1) is 5.92 Å². The van der Waals surface area contributed by atoms with E-state index in [9.17, 15) is 4.79 Å². The van der Waals surface area contributed by atoms with E-state index in [2.05, 4.69) is 15.2 Å². The Labute approximate surface area is 160 Å². The number of rotatable bonds is 7. The van der Waals surface area contributed by atoms with Gasteiger partial charge in [0.15, 0.2) is 0 Å². The van der Waals surface area contributed by atoms with Crippen molar-refractivity contribution in [3.8, 4) is 11.5 Å². The number of pyridine rings is 1. The fraction of sp³-hybridized carbons (Fsp3) is 0.429. The Hall–Kier alpha value is -2.76. The summed E-state index contributed by atoms with van der Waals surface area (Å²) in [4.78, 5) is 18.8. The van der Waals surface area contributed by atoms with Crippen LogP contribution in [-0.4, -0.2) is 44.2 Å². The Morgan fingerprint density at radius 2 is 2.04 bits per heavy atom. The van der Waals surface area contributed by atoms with Crippen LogP contribution in [0.1, 0.15) is 30.1 Å². The highest BCUT2D eigenvalue weighted by atomic mass is 16.5. The molecule has 1 aromatic heterocycles. The van der Waals surface area contributed by atoms with Gasteiger partial charge in [-0.15, -0.1) is 0 Å². The fourth-order valence-electron chi connectivity index (χ4n) is 3.29. The Balaban J connectivity index is 1.58. The first-order chi connectivity index (χ1) is 13.2. The van der Waals surface area contributed by atoms with E-state index in [4.69, 9.17) is 9.47 Å². The van der Waals surface area contributed by atoms with E-state index < -0.39 is 0 Å². The van der Waals surface area contributed by atoms with Crippen molar-refractivity contribution < 1.29 is 14.3 Å². The highest BCUT2D eigenvalue weighted by molar-refractivity contribution is 5.94. The standard InChI is InChI=1S/C21H27N3O3/c1-3-22-21(25)17-10-11-23-20(13-17)24-12-4-5-16(14-24)15-27-19-8-6-18(26-2)7-9-19/h6-11,13,16H,3-5,12,14-15H2,1-2H3,(H,22,25). The topological polar surface area (TPSA) is 63.7 Å². The SMILES string of the molecule is CCNC(=O)c1ccnc(N2CCCC(COc3ccc(OC)cc3)C2)c1. The minimum Gasteiger partial charge on any atom is -0.497 e. The number of amides is 1. The van der Waals surface area contributed by atoms with Crippen molar-refractivity contribution >= 4 is 11.7 Å². The Bertz CT molecular complexity index is 749. The molecule has 1 unspecified atom stereocenters. The molecule has 6 nitrogen and oxygen atoms in total. The van der Waals surface area contributed by atoms with E-state index in [0.29, 0.717) is 24.6 Å². The molecule has 144 valence electrons. The van der Waals surface area contributed by atoms with Gasteiger partial charge >= 0.3 is 0 Å². The molecule has 6 heteroatoms. The number of aromatic nitrogens is 1. The van der Waals surface area contributed by atoms with Gasteiger partial charge in [-0.2, -0.15) is 0 Å². The molecule has 1 aromatic carbocycles. The van der Waals surface area contributed by atoms with Gasteiger partial charge in [-0.1, -0.05) is 0 Å². The number of piperidine rings is 1. The molecule has 0 aliphatic carbocycles. The van der Waals surface area contributed by atoms with Gasteiger partial charge in [-0.25, -0.2) is 4.98 Å². The van der Waals surface area contributed by atoms with Crippen molar-refractivity contribution in [1.82, 2.24) is 10.3 Å². The molecule has 1 amide bonds. The first-order valence-electron chi connectivity index (χ1n) is 9.45. The zero-order valence-corrected chi connectivity index (χ0v) is 16.0. The summed E-state index contributed by atoms with van der Waals surface area (Å²) in [7, 11) is 1.65. The van der Waals surface area contributed by atoms with E-state index in [-0.39, 0.29) is 5.91 Å². The summed E-state index contributed by atoms with van der Waals surface area (Å²) < 4.78 is 11.1. The molecule has 1 atom stereocenters. The van der Waals surface area contributed by atoms with Crippen LogP contribution in [0.15, 0.2) is 42.6 Å². The lowest BCUT2D eigenvalue weighted by Crippen LogP contribution is -2.38. The number of nitrogens with one attached hydrogen (secondary N) is 1. The molecular weight excluding hydrogens is 342 g/mol. The lowest BCUT2D eigenvalue weighted by atomic mass is 9.99. The smallest absolute Gasteiger partial charge is 0.251 e. The fourth-order valence-corrected chi connectivity index (χ4v) is 3.29. The van der Waals surface area contributed by atoms with Crippen LogP contribution in [0.4, 0.5) is 5.82 Å². The predicted molar refractivity (Wildman–Crippen MR) is 106 cm³/mol. The normalized spacial score (nSPS) is 16.7. The number of benzene rings is 1. The molecule has 2 heterocycles. The van der Waals surface area contributed by atoms with Gasteiger partial charge in [0.25, 0.3) is 5.91 Å². The van der Waals surface area contributed by atoms with E-state index in [1.165, 1.54) is 0 Å². The van der Waals surface area contributed by atoms with Crippen LogP contribution in [0.25, 0.3) is 0 Å². The minimum atomic E-state index is -0.0578. The minimum absolute atomic E-state index is 0.0578. The van der Waals surface area contributed by atoms with Crippen molar-refractivity contribution in [3.63, 3.8) is 0 Å². The Morgan fingerprint density at radius 1 is 1.26 bits per heavy atom. The molecular formula is C21H27N3O3. The van der Waals surface area contributed by atoms with Crippen LogP contribution in [0.2, 0.25) is 0 Å². The largest absolute Gasteiger partial charge is 0.497 e. The molecule has 1 N–H and O–H groups in total. The maximum Gasteiger partial charge on any atom is 0.251 e. The molecule has 1 aliphatic heterocycles. The predicted octanol–water partition coefficient (Wildman–Crippen LogP) is 3.14. The first-order valence-corrected chi connectivity index (χ1v) is 9.45. The molecule has 27 heavy (non-hydrogen) atoms. The van der Waals surface area contributed by atoms with E-state index >= 15 is 0 Å². The van der Waals surface area contributed by atoms with Crippen molar-refractivity contribution in [2.24, 2.45) is 5.92 Å². The van der Waals surface area contributed by atoms with Crippen molar-refractivity contribution in [1.29, 1.82) is 0 Å². The van der Waals surface area contributed by atoms with Gasteiger partial charge in [0.05, 0.1) is 13.7 Å². The van der Waals surface area contributed by atoms with Gasteiger partial charge in [-0.3, -0.25) is 4.79 Å². The summed E-state index contributed by atoms with van der Waals surface area (Å²) in [6.07, 6.45) is 3.92. The average Bonchev–Trinajstić information content (AvgIpc) is 2.73. The molecule has 3 rings (SSSR count). The number of carbonyl (C=O) groups is 1. The zero-order valence-electron chi connectivity index (χ0n) is 16.0. The third kappa shape index (κ3) is 5.12.